The van der Waals surface area contributed by atoms with E-state index in [0.29, 0.717) is 11.1 Å². The molecule has 0 aromatic heterocycles. The quantitative estimate of drug-likeness (QED) is 0.845. The molecule has 0 bridgehead atoms. The van der Waals surface area contributed by atoms with Gasteiger partial charge < -0.3 is 5.32 Å². The van der Waals surface area contributed by atoms with Crippen LogP contribution in [0.5, 0.6) is 0 Å². The number of benzene rings is 2. The fourth-order valence-electron chi connectivity index (χ4n) is 2.25. The second-order valence-corrected chi connectivity index (χ2v) is 4.91. The molecule has 0 aliphatic heterocycles. The van der Waals surface area contributed by atoms with Crippen molar-refractivity contribution in [3.05, 3.63) is 58.9 Å². The SMILES string of the molecule is CCC(NC)c1cccc(-c2ccc(F)cc2Cl)c1. The predicted molar refractivity (Wildman–Crippen MR) is 78.9 cm³/mol. The van der Waals surface area contributed by atoms with Gasteiger partial charge in [0.25, 0.3) is 0 Å². The lowest BCUT2D eigenvalue weighted by molar-refractivity contribution is 0.577. The summed E-state index contributed by atoms with van der Waals surface area (Å²) in [5.41, 5.74) is 3.08. The van der Waals surface area contributed by atoms with Gasteiger partial charge in [0.05, 0.1) is 5.02 Å². The molecule has 100 valence electrons. The molecule has 1 nitrogen and oxygen atoms in total. The lowest BCUT2D eigenvalue weighted by atomic mass is 9.98. The van der Waals surface area contributed by atoms with Gasteiger partial charge in [-0.05, 0) is 48.9 Å². The molecule has 0 fully saturated rings. The van der Waals surface area contributed by atoms with Crippen molar-refractivity contribution >= 4 is 11.6 Å². The second kappa shape index (κ2) is 6.18. The van der Waals surface area contributed by atoms with Crippen molar-refractivity contribution in [1.82, 2.24) is 5.32 Å². The van der Waals surface area contributed by atoms with Crippen molar-refractivity contribution in [3.8, 4) is 11.1 Å². The number of hydrogen-bond acceptors (Lipinski definition) is 1. The Bertz CT molecular complexity index is 564. The highest BCUT2D eigenvalue weighted by Gasteiger charge is 2.09. The molecule has 1 unspecified atom stereocenters. The van der Waals surface area contributed by atoms with E-state index in [1.54, 1.807) is 6.07 Å². The van der Waals surface area contributed by atoms with Crippen LogP contribution in [0.2, 0.25) is 5.02 Å². The van der Waals surface area contributed by atoms with E-state index in [2.05, 4.69) is 24.4 Å². The van der Waals surface area contributed by atoms with Crippen LogP contribution in [0.1, 0.15) is 24.9 Å². The van der Waals surface area contributed by atoms with E-state index in [0.717, 1.165) is 17.5 Å². The van der Waals surface area contributed by atoms with E-state index in [1.165, 1.54) is 17.7 Å². The van der Waals surface area contributed by atoms with E-state index in [-0.39, 0.29) is 5.82 Å². The van der Waals surface area contributed by atoms with Gasteiger partial charge in [-0.2, -0.15) is 0 Å². The molecule has 0 aliphatic carbocycles. The van der Waals surface area contributed by atoms with Crippen LogP contribution in [0.4, 0.5) is 4.39 Å². The van der Waals surface area contributed by atoms with Crippen LogP contribution in [-0.4, -0.2) is 7.05 Å². The minimum absolute atomic E-state index is 0.313. The van der Waals surface area contributed by atoms with Crippen LogP contribution in [-0.2, 0) is 0 Å². The zero-order valence-corrected chi connectivity index (χ0v) is 11.8. The molecule has 1 atom stereocenters. The molecule has 0 heterocycles. The van der Waals surface area contributed by atoms with Crippen LogP contribution in [0, 0.1) is 5.82 Å². The summed E-state index contributed by atoms with van der Waals surface area (Å²) in [4.78, 5) is 0. The summed E-state index contributed by atoms with van der Waals surface area (Å²) in [6.07, 6.45) is 1.01. The van der Waals surface area contributed by atoms with Crippen molar-refractivity contribution in [1.29, 1.82) is 0 Å². The Morgan fingerprint density at radius 2 is 2.00 bits per heavy atom. The maximum Gasteiger partial charge on any atom is 0.124 e. The lowest BCUT2D eigenvalue weighted by Crippen LogP contribution is -2.15. The summed E-state index contributed by atoms with van der Waals surface area (Å²) in [7, 11) is 1.95. The Labute approximate surface area is 118 Å². The van der Waals surface area contributed by atoms with E-state index in [9.17, 15) is 4.39 Å². The standard InChI is InChI=1S/C16H17ClFN/c1-3-16(19-2)12-6-4-5-11(9-12)14-8-7-13(18)10-15(14)17/h4-10,16,19H,3H2,1-2H3. The van der Waals surface area contributed by atoms with Gasteiger partial charge in [-0.25, -0.2) is 4.39 Å². The van der Waals surface area contributed by atoms with Gasteiger partial charge in [0.15, 0.2) is 0 Å². The van der Waals surface area contributed by atoms with Crippen molar-refractivity contribution < 1.29 is 4.39 Å². The molecule has 2 rings (SSSR count). The molecule has 2 aromatic carbocycles. The smallest absolute Gasteiger partial charge is 0.124 e. The summed E-state index contributed by atoms with van der Waals surface area (Å²) in [5.74, 6) is -0.313. The van der Waals surface area contributed by atoms with E-state index >= 15 is 0 Å². The minimum atomic E-state index is -0.313. The molecule has 0 radical (unpaired) electrons. The topological polar surface area (TPSA) is 12.0 Å². The first kappa shape index (κ1) is 14.0. The molecule has 3 heteroatoms. The molecule has 0 spiro atoms. The first-order chi connectivity index (χ1) is 9.15. The monoisotopic (exact) mass is 277 g/mol. The van der Waals surface area contributed by atoms with Crippen molar-refractivity contribution in [2.24, 2.45) is 0 Å². The first-order valence-corrected chi connectivity index (χ1v) is 6.76. The highest BCUT2D eigenvalue weighted by molar-refractivity contribution is 6.33. The van der Waals surface area contributed by atoms with E-state index in [4.69, 9.17) is 11.6 Å². The molecule has 1 N–H and O–H groups in total. The minimum Gasteiger partial charge on any atom is -0.313 e. The number of hydrogen-bond donors (Lipinski definition) is 1. The normalized spacial score (nSPS) is 12.4. The summed E-state index contributed by atoms with van der Waals surface area (Å²) < 4.78 is 13.1. The number of halogens is 2. The third kappa shape index (κ3) is 3.14. The molecular formula is C16H17ClFN. The fraction of sp³-hybridized carbons (Fsp3) is 0.250. The van der Waals surface area contributed by atoms with Gasteiger partial charge in [-0.1, -0.05) is 36.7 Å². The fourth-order valence-corrected chi connectivity index (χ4v) is 2.53. The van der Waals surface area contributed by atoms with E-state index in [1.807, 2.05) is 19.2 Å². The second-order valence-electron chi connectivity index (χ2n) is 4.50. The molecular weight excluding hydrogens is 261 g/mol. The maximum atomic E-state index is 13.1. The summed E-state index contributed by atoms with van der Waals surface area (Å²) in [6, 6.07) is 13.0. The molecule has 2 aromatic rings. The molecule has 0 aliphatic rings. The Morgan fingerprint density at radius 1 is 1.21 bits per heavy atom. The lowest BCUT2D eigenvalue weighted by Gasteiger charge is -2.15. The average molecular weight is 278 g/mol. The Balaban J connectivity index is 2.43. The Hall–Kier alpha value is -1.38. The van der Waals surface area contributed by atoms with Gasteiger partial charge in [0, 0.05) is 11.6 Å². The Kier molecular flexibility index (Phi) is 4.56. The zero-order valence-electron chi connectivity index (χ0n) is 11.1. The molecule has 0 amide bonds. The van der Waals surface area contributed by atoms with Crippen molar-refractivity contribution in [2.75, 3.05) is 7.05 Å². The van der Waals surface area contributed by atoms with Crippen LogP contribution in [0.25, 0.3) is 11.1 Å². The number of rotatable bonds is 4. The third-order valence-electron chi connectivity index (χ3n) is 3.29. The molecule has 0 saturated carbocycles. The summed E-state index contributed by atoms with van der Waals surface area (Å²) in [6.45, 7) is 2.14. The highest BCUT2D eigenvalue weighted by atomic mass is 35.5. The van der Waals surface area contributed by atoms with Crippen LogP contribution in [0.3, 0.4) is 0 Å². The Morgan fingerprint density at radius 3 is 2.63 bits per heavy atom. The average Bonchev–Trinajstić information content (AvgIpc) is 2.40. The summed E-state index contributed by atoms with van der Waals surface area (Å²) >= 11 is 6.11. The van der Waals surface area contributed by atoms with Gasteiger partial charge in [-0.3, -0.25) is 0 Å². The highest BCUT2D eigenvalue weighted by Crippen LogP contribution is 2.30. The largest absolute Gasteiger partial charge is 0.313 e. The van der Waals surface area contributed by atoms with Gasteiger partial charge >= 0.3 is 0 Å². The first-order valence-electron chi connectivity index (χ1n) is 6.38. The molecule has 0 saturated heterocycles. The zero-order chi connectivity index (χ0) is 13.8. The third-order valence-corrected chi connectivity index (χ3v) is 3.60. The number of nitrogens with one attached hydrogen (secondary N) is 1. The van der Waals surface area contributed by atoms with Gasteiger partial charge in [-0.15, -0.1) is 0 Å². The summed E-state index contributed by atoms with van der Waals surface area (Å²) in [5, 5.41) is 3.72. The van der Waals surface area contributed by atoms with Crippen LogP contribution in [0.15, 0.2) is 42.5 Å². The predicted octanol–water partition coefficient (Wildman–Crippen LogP) is 4.82. The van der Waals surface area contributed by atoms with Crippen molar-refractivity contribution in [3.63, 3.8) is 0 Å². The van der Waals surface area contributed by atoms with Crippen molar-refractivity contribution in [2.45, 2.75) is 19.4 Å². The van der Waals surface area contributed by atoms with Gasteiger partial charge in [0.2, 0.25) is 0 Å². The van der Waals surface area contributed by atoms with Crippen LogP contribution >= 0.6 is 11.6 Å². The van der Waals surface area contributed by atoms with Gasteiger partial charge in [0.1, 0.15) is 5.82 Å². The molecule has 19 heavy (non-hydrogen) atoms. The van der Waals surface area contributed by atoms with E-state index < -0.39 is 0 Å². The van der Waals surface area contributed by atoms with Crippen LogP contribution < -0.4 is 5.32 Å². The maximum absolute atomic E-state index is 13.1.